The van der Waals surface area contributed by atoms with E-state index in [9.17, 15) is 4.79 Å². The molecule has 2 aromatic rings. The molecule has 3 nitrogen and oxygen atoms in total. The summed E-state index contributed by atoms with van der Waals surface area (Å²) in [4.78, 5) is 11.7. The fraction of sp³-hybridized carbons (Fsp3) is 0.0714. The molecule has 6 heteroatoms. The number of anilines is 1. The number of carbonyl (C=O) groups excluding carboxylic acids is 1. The van der Waals surface area contributed by atoms with Crippen molar-refractivity contribution in [3.8, 4) is 0 Å². The molecule has 2 aromatic carbocycles. The van der Waals surface area contributed by atoms with Gasteiger partial charge in [0.15, 0.2) is 0 Å². The quantitative estimate of drug-likeness (QED) is 0.834. The molecule has 0 fully saturated rings. The van der Waals surface area contributed by atoms with Gasteiger partial charge in [0.25, 0.3) is 0 Å². The van der Waals surface area contributed by atoms with Crippen LogP contribution in [0.25, 0.3) is 0 Å². The highest BCUT2D eigenvalue weighted by Crippen LogP contribution is 2.29. The first-order valence-corrected chi connectivity index (χ1v) is 7.28. The molecule has 0 saturated heterocycles. The van der Waals surface area contributed by atoms with Gasteiger partial charge in [-0.05, 0) is 48.0 Å². The predicted octanol–water partition coefficient (Wildman–Crippen LogP) is 4.39. The third-order valence-electron chi connectivity index (χ3n) is 2.71. The minimum Gasteiger partial charge on any atom is -0.370 e. The molecule has 1 atom stereocenters. The molecular formula is C14H11BrCl2N2O. The van der Waals surface area contributed by atoms with E-state index in [1.165, 1.54) is 0 Å². The van der Waals surface area contributed by atoms with Gasteiger partial charge in [0.2, 0.25) is 5.91 Å². The summed E-state index contributed by atoms with van der Waals surface area (Å²) in [5.74, 6) is -0.497. The maximum absolute atomic E-state index is 11.7. The fourth-order valence-corrected chi connectivity index (χ4v) is 2.53. The monoisotopic (exact) mass is 372 g/mol. The molecule has 104 valence electrons. The Hall–Kier alpha value is -1.23. The second kappa shape index (κ2) is 6.48. The molecule has 3 N–H and O–H groups in total. The molecular weight excluding hydrogens is 363 g/mol. The predicted molar refractivity (Wildman–Crippen MR) is 86.2 cm³/mol. The lowest BCUT2D eigenvalue weighted by Crippen LogP contribution is -2.28. The van der Waals surface area contributed by atoms with E-state index >= 15 is 0 Å². The lowest BCUT2D eigenvalue weighted by molar-refractivity contribution is -0.118. The van der Waals surface area contributed by atoms with E-state index in [1.807, 2.05) is 0 Å². The van der Waals surface area contributed by atoms with Crippen LogP contribution in [0, 0.1) is 0 Å². The van der Waals surface area contributed by atoms with Gasteiger partial charge in [0.05, 0.1) is 0 Å². The van der Waals surface area contributed by atoms with Crippen molar-refractivity contribution in [2.24, 2.45) is 5.73 Å². The Labute approximate surface area is 135 Å². The Kier molecular flexibility index (Phi) is 4.91. The SMILES string of the molecule is NC(=O)C(Nc1ccc(Cl)cc1)c1cc(Cl)ccc1Br. The Balaban J connectivity index is 2.34. The molecule has 2 rings (SSSR count). The van der Waals surface area contributed by atoms with Gasteiger partial charge < -0.3 is 11.1 Å². The van der Waals surface area contributed by atoms with Gasteiger partial charge in [-0.25, -0.2) is 0 Å². The van der Waals surface area contributed by atoms with Crippen molar-refractivity contribution in [1.82, 2.24) is 0 Å². The highest BCUT2D eigenvalue weighted by molar-refractivity contribution is 9.10. The van der Waals surface area contributed by atoms with Crippen LogP contribution in [0.2, 0.25) is 10.0 Å². The molecule has 1 unspecified atom stereocenters. The molecule has 0 aromatic heterocycles. The third kappa shape index (κ3) is 3.66. The van der Waals surface area contributed by atoms with Crippen LogP contribution >= 0.6 is 39.1 Å². The van der Waals surface area contributed by atoms with Crippen molar-refractivity contribution >= 4 is 50.7 Å². The Morgan fingerprint density at radius 1 is 1.10 bits per heavy atom. The first kappa shape index (κ1) is 15.2. The number of nitrogens with two attached hydrogens (primary N) is 1. The van der Waals surface area contributed by atoms with Crippen molar-refractivity contribution in [3.63, 3.8) is 0 Å². The van der Waals surface area contributed by atoms with E-state index in [1.54, 1.807) is 42.5 Å². The lowest BCUT2D eigenvalue weighted by Gasteiger charge is -2.18. The topological polar surface area (TPSA) is 55.1 Å². The largest absolute Gasteiger partial charge is 0.370 e. The Bertz CT molecular complexity index is 632. The van der Waals surface area contributed by atoms with E-state index in [2.05, 4.69) is 21.2 Å². The summed E-state index contributed by atoms with van der Waals surface area (Å²) in [6.07, 6.45) is 0. The summed E-state index contributed by atoms with van der Waals surface area (Å²) >= 11 is 15.2. The van der Waals surface area contributed by atoms with Crippen molar-refractivity contribution < 1.29 is 4.79 Å². The van der Waals surface area contributed by atoms with Gasteiger partial charge in [-0.3, -0.25) is 4.79 Å². The summed E-state index contributed by atoms with van der Waals surface area (Å²) < 4.78 is 0.757. The normalized spacial score (nSPS) is 11.9. The number of primary amides is 1. The molecule has 1 amide bonds. The van der Waals surface area contributed by atoms with E-state index in [-0.39, 0.29) is 0 Å². The first-order valence-electron chi connectivity index (χ1n) is 5.74. The van der Waals surface area contributed by atoms with Crippen LogP contribution in [0.15, 0.2) is 46.9 Å². The fourth-order valence-electron chi connectivity index (χ4n) is 1.75. The molecule has 0 aliphatic rings. The number of hydrogen-bond donors (Lipinski definition) is 2. The summed E-state index contributed by atoms with van der Waals surface area (Å²) in [5.41, 5.74) is 6.90. The Morgan fingerprint density at radius 3 is 2.30 bits per heavy atom. The van der Waals surface area contributed by atoms with Gasteiger partial charge in [0, 0.05) is 20.2 Å². The number of halogens is 3. The van der Waals surface area contributed by atoms with Crippen LogP contribution in [0.1, 0.15) is 11.6 Å². The van der Waals surface area contributed by atoms with Crippen LogP contribution < -0.4 is 11.1 Å². The van der Waals surface area contributed by atoms with Gasteiger partial charge in [0.1, 0.15) is 6.04 Å². The first-order chi connectivity index (χ1) is 9.47. The van der Waals surface area contributed by atoms with Crippen molar-refractivity contribution in [1.29, 1.82) is 0 Å². The van der Waals surface area contributed by atoms with Gasteiger partial charge >= 0.3 is 0 Å². The minimum absolute atomic E-state index is 0.497. The maximum Gasteiger partial charge on any atom is 0.244 e. The molecule has 0 bridgehead atoms. The number of amides is 1. The zero-order valence-corrected chi connectivity index (χ0v) is 13.3. The van der Waals surface area contributed by atoms with E-state index in [0.29, 0.717) is 15.6 Å². The average Bonchev–Trinajstić information content (AvgIpc) is 2.41. The summed E-state index contributed by atoms with van der Waals surface area (Å²) in [5, 5.41) is 4.22. The molecule has 0 aliphatic carbocycles. The summed E-state index contributed by atoms with van der Waals surface area (Å²) in [6, 6.07) is 11.5. The van der Waals surface area contributed by atoms with Crippen molar-refractivity contribution in [2.45, 2.75) is 6.04 Å². The van der Waals surface area contributed by atoms with Crippen LogP contribution in [0.4, 0.5) is 5.69 Å². The van der Waals surface area contributed by atoms with Crippen molar-refractivity contribution in [3.05, 3.63) is 62.5 Å². The summed E-state index contributed by atoms with van der Waals surface area (Å²) in [7, 11) is 0. The Morgan fingerprint density at radius 2 is 1.70 bits per heavy atom. The highest BCUT2D eigenvalue weighted by atomic mass is 79.9. The number of rotatable bonds is 4. The maximum atomic E-state index is 11.7. The number of nitrogens with one attached hydrogen (secondary N) is 1. The molecule has 0 aliphatic heterocycles. The lowest BCUT2D eigenvalue weighted by atomic mass is 10.1. The third-order valence-corrected chi connectivity index (χ3v) is 3.92. The van der Waals surface area contributed by atoms with Crippen molar-refractivity contribution in [2.75, 3.05) is 5.32 Å². The molecule has 0 saturated carbocycles. The number of carbonyl (C=O) groups is 1. The second-order valence-corrected chi connectivity index (χ2v) is 5.88. The van der Waals surface area contributed by atoms with E-state index in [4.69, 9.17) is 28.9 Å². The smallest absolute Gasteiger partial charge is 0.244 e. The number of benzene rings is 2. The highest BCUT2D eigenvalue weighted by Gasteiger charge is 2.20. The number of hydrogen-bond acceptors (Lipinski definition) is 2. The van der Waals surface area contributed by atoms with Crippen LogP contribution in [0.3, 0.4) is 0 Å². The molecule has 0 heterocycles. The minimum atomic E-state index is -0.691. The van der Waals surface area contributed by atoms with Crippen LogP contribution in [-0.2, 0) is 4.79 Å². The van der Waals surface area contributed by atoms with Crippen LogP contribution in [0.5, 0.6) is 0 Å². The molecule has 20 heavy (non-hydrogen) atoms. The molecule has 0 spiro atoms. The standard InChI is InChI=1S/C14H11BrCl2N2O/c15-12-6-3-9(17)7-11(12)13(14(18)20)19-10-4-1-8(16)2-5-10/h1-7,13,19H,(H2,18,20). The van der Waals surface area contributed by atoms with E-state index in [0.717, 1.165) is 10.2 Å². The zero-order valence-electron chi connectivity index (χ0n) is 10.2. The van der Waals surface area contributed by atoms with Gasteiger partial charge in [-0.15, -0.1) is 0 Å². The summed E-state index contributed by atoms with van der Waals surface area (Å²) in [6.45, 7) is 0. The zero-order chi connectivity index (χ0) is 14.7. The van der Waals surface area contributed by atoms with Gasteiger partial charge in [-0.2, -0.15) is 0 Å². The molecule has 0 radical (unpaired) electrons. The average molecular weight is 374 g/mol. The van der Waals surface area contributed by atoms with E-state index < -0.39 is 11.9 Å². The van der Waals surface area contributed by atoms with Crippen LogP contribution in [-0.4, -0.2) is 5.91 Å². The second-order valence-electron chi connectivity index (χ2n) is 4.15. The van der Waals surface area contributed by atoms with Gasteiger partial charge in [-0.1, -0.05) is 39.1 Å².